The van der Waals surface area contributed by atoms with Crippen LogP contribution >= 0.6 is 0 Å². The number of halogens is 1. The maximum atomic E-state index is 13.0. The molecule has 0 atom stereocenters. The molecule has 0 aromatic heterocycles. The summed E-state index contributed by atoms with van der Waals surface area (Å²) in [6.07, 6.45) is 1.44. The number of rotatable bonds is 6. The first-order valence-corrected chi connectivity index (χ1v) is 8.68. The third-order valence-corrected chi connectivity index (χ3v) is 4.10. The minimum absolute atomic E-state index is 0.259. The van der Waals surface area contributed by atoms with Gasteiger partial charge in [-0.3, -0.25) is 4.79 Å². The molecule has 2 N–H and O–H groups in total. The standard InChI is InChI=1S/C17H17FN2O3S/c1-13-5-7-14(8-6-13)9-10-24(22,23)19-12-17(21)20-16-4-2-3-15(18)11-16/h2-11,19H,12H2,1H3,(H,20,21)/b10-9+. The van der Waals surface area contributed by atoms with Crippen molar-refractivity contribution in [1.29, 1.82) is 0 Å². The molecule has 0 spiro atoms. The molecule has 0 saturated carbocycles. The SMILES string of the molecule is Cc1ccc(/C=C/S(=O)(=O)NCC(=O)Nc2cccc(F)c2)cc1. The zero-order valence-corrected chi connectivity index (χ0v) is 13.8. The fraction of sp³-hybridized carbons (Fsp3) is 0.118. The number of hydrogen-bond acceptors (Lipinski definition) is 3. The van der Waals surface area contributed by atoms with Crippen molar-refractivity contribution in [2.75, 3.05) is 11.9 Å². The Kier molecular flexibility index (Phi) is 5.83. The number of anilines is 1. The topological polar surface area (TPSA) is 75.3 Å². The minimum atomic E-state index is -3.75. The molecule has 1 amide bonds. The van der Waals surface area contributed by atoms with Gasteiger partial charge in [-0.25, -0.2) is 17.5 Å². The maximum absolute atomic E-state index is 13.0. The highest BCUT2D eigenvalue weighted by atomic mass is 32.2. The van der Waals surface area contributed by atoms with Crippen LogP contribution in [0, 0.1) is 12.7 Å². The summed E-state index contributed by atoms with van der Waals surface area (Å²) in [6, 6.07) is 12.7. The summed E-state index contributed by atoms with van der Waals surface area (Å²) < 4.78 is 38.8. The lowest BCUT2D eigenvalue weighted by Crippen LogP contribution is -2.31. The first-order chi connectivity index (χ1) is 11.3. The Morgan fingerprint density at radius 3 is 2.54 bits per heavy atom. The Labute approximate surface area is 140 Å². The van der Waals surface area contributed by atoms with Crippen molar-refractivity contribution < 1.29 is 17.6 Å². The minimum Gasteiger partial charge on any atom is -0.325 e. The summed E-state index contributed by atoms with van der Waals surface area (Å²) in [5.41, 5.74) is 2.06. The summed E-state index contributed by atoms with van der Waals surface area (Å²) in [7, 11) is -3.75. The van der Waals surface area contributed by atoms with Gasteiger partial charge in [0.05, 0.1) is 6.54 Å². The lowest BCUT2D eigenvalue weighted by atomic mass is 10.2. The van der Waals surface area contributed by atoms with E-state index >= 15 is 0 Å². The van der Waals surface area contributed by atoms with Crippen molar-refractivity contribution in [2.24, 2.45) is 0 Å². The van der Waals surface area contributed by atoms with E-state index in [4.69, 9.17) is 0 Å². The maximum Gasteiger partial charge on any atom is 0.239 e. The lowest BCUT2D eigenvalue weighted by Gasteiger charge is -2.06. The summed E-state index contributed by atoms with van der Waals surface area (Å²) in [5.74, 6) is -1.08. The molecule has 0 aliphatic rings. The van der Waals surface area contributed by atoms with Crippen LogP contribution in [-0.4, -0.2) is 20.9 Å². The zero-order valence-electron chi connectivity index (χ0n) is 13.0. The molecule has 2 aromatic rings. The third kappa shape index (κ3) is 5.94. The molecule has 126 valence electrons. The highest BCUT2D eigenvalue weighted by Gasteiger charge is 2.09. The van der Waals surface area contributed by atoms with Gasteiger partial charge in [0.1, 0.15) is 5.82 Å². The summed E-state index contributed by atoms with van der Waals surface area (Å²) in [5, 5.41) is 3.40. The van der Waals surface area contributed by atoms with Crippen LogP contribution < -0.4 is 10.0 Å². The van der Waals surface area contributed by atoms with Gasteiger partial charge in [0.2, 0.25) is 15.9 Å². The number of sulfonamides is 1. The molecule has 0 aliphatic heterocycles. The molecule has 5 nitrogen and oxygen atoms in total. The van der Waals surface area contributed by atoms with E-state index < -0.39 is 28.3 Å². The number of benzene rings is 2. The fourth-order valence-electron chi connectivity index (χ4n) is 1.83. The average Bonchev–Trinajstić information content (AvgIpc) is 2.53. The van der Waals surface area contributed by atoms with Gasteiger partial charge in [-0.05, 0) is 36.8 Å². The van der Waals surface area contributed by atoms with Crippen molar-refractivity contribution in [2.45, 2.75) is 6.92 Å². The van der Waals surface area contributed by atoms with E-state index in [2.05, 4.69) is 10.0 Å². The molecular formula is C17H17FN2O3S. The van der Waals surface area contributed by atoms with Crippen LogP contribution in [0.4, 0.5) is 10.1 Å². The quantitative estimate of drug-likeness (QED) is 0.843. The molecule has 0 unspecified atom stereocenters. The summed E-state index contributed by atoms with van der Waals surface area (Å²) in [4.78, 5) is 11.7. The number of carbonyl (C=O) groups is 1. The van der Waals surface area contributed by atoms with E-state index in [1.807, 2.05) is 19.1 Å². The molecule has 0 saturated heterocycles. The van der Waals surface area contributed by atoms with Crippen LogP contribution in [0.25, 0.3) is 6.08 Å². The van der Waals surface area contributed by atoms with Gasteiger partial charge in [0, 0.05) is 11.1 Å². The van der Waals surface area contributed by atoms with Crippen molar-refractivity contribution in [1.82, 2.24) is 4.72 Å². The highest BCUT2D eigenvalue weighted by molar-refractivity contribution is 7.92. The number of hydrogen-bond donors (Lipinski definition) is 2. The fourth-order valence-corrected chi connectivity index (χ4v) is 2.60. The predicted octanol–water partition coefficient (Wildman–Crippen LogP) is 2.66. The van der Waals surface area contributed by atoms with Crippen molar-refractivity contribution in [3.63, 3.8) is 0 Å². The second-order valence-electron chi connectivity index (χ2n) is 5.14. The van der Waals surface area contributed by atoms with Gasteiger partial charge < -0.3 is 5.32 Å². The smallest absolute Gasteiger partial charge is 0.239 e. The summed E-state index contributed by atoms with van der Waals surface area (Å²) >= 11 is 0. The molecular weight excluding hydrogens is 331 g/mol. The van der Waals surface area contributed by atoms with Crippen molar-refractivity contribution in [3.05, 3.63) is 70.9 Å². The number of amides is 1. The Balaban J connectivity index is 1.89. The Morgan fingerprint density at radius 1 is 1.17 bits per heavy atom. The highest BCUT2D eigenvalue weighted by Crippen LogP contribution is 2.09. The van der Waals surface area contributed by atoms with Crippen LogP contribution in [-0.2, 0) is 14.8 Å². The molecule has 0 fully saturated rings. The van der Waals surface area contributed by atoms with Crippen LogP contribution in [0.1, 0.15) is 11.1 Å². The molecule has 0 radical (unpaired) electrons. The van der Waals surface area contributed by atoms with Crippen molar-refractivity contribution in [3.8, 4) is 0 Å². The van der Waals surface area contributed by atoms with E-state index in [1.54, 1.807) is 12.1 Å². The number of carbonyl (C=O) groups excluding carboxylic acids is 1. The van der Waals surface area contributed by atoms with Gasteiger partial charge in [0.15, 0.2) is 0 Å². The molecule has 0 bridgehead atoms. The second kappa shape index (κ2) is 7.85. The molecule has 0 aliphatic carbocycles. The Morgan fingerprint density at radius 2 is 1.88 bits per heavy atom. The van der Waals surface area contributed by atoms with Crippen molar-refractivity contribution >= 4 is 27.7 Å². The van der Waals surface area contributed by atoms with E-state index in [0.717, 1.165) is 22.6 Å². The zero-order chi connectivity index (χ0) is 17.6. The van der Waals surface area contributed by atoms with E-state index in [-0.39, 0.29) is 5.69 Å². The van der Waals surface area contributed by atoms with Gasteiger partial charge in [-0.1, -0.05) is 35.9 Å². The normalized spacial score (nSPS) is 11.6. The first kappa shape index (κ1) is 17.8. The number of aryl methyl sites for hydroxylation is 1. The van der Waals surface area contributed by atoms with E-state index in [9.17, 15) is 17.6 Å². The lowest BCUT2D eigenvalue weighted by molar-refractivity contribution is -0.115. The molecule has 2 aromatic carbocycles. The molecule has 7 heteroatoms. The van der Waals surface area contributed by atoms with Gasteiger partial charge >= 0.3 is 0 Å². The molecule has 2 rings (SSSR count). The molecule has 24 heavy (non-hydrogen) atoms. The van der Waals surface area contributed by atoms with Gasteiger partial charge in [-0.15, -0.1) is 0 Å². The average molecular weight is 348 g/mol. The predicted molar refractivity (Wildman–Crippen MR) is 92.2 cm³/mol. The first-order valence-electron chi connectivity index (χ1n) is 7.14. The monoisotopic (exact) mass is 348 g/mol. The van der Waals surface area contributed by atoms with Crippen LogP contribution in [0.2, 0.25) is 0 Å². The van der Waals surface area contributed by atoms with E-state index in [1.165, 1.54) is 24.3 Å². The van der Waals surface area contributed by atoms with Crippen LogP contribution in [0.5, 0.6) is 0 Å². The van der Waals surface area contributed by atoms with Gasteiger partial charge in [-0.2, -0.15) is 0 Å². The molecule has 0 heterocycles. The largest absolute Gasteiger partial charge is 0.325 e. The summed E-state index contributed by atoms with van der Waals surface area (Å²) in [6.45, 7) is 1.49. The third-order valence-electron chi connectivity index (χ3n) is 3.06. The second-order valence-corrected chi connectivity index (χ2v) is 6.79. The Bertz CT molecular complexity index is 846. The Hall–Kier alpha value is -2.51. The van der Waals surface area contributed by atoms with Gasteiger partial charge in [0.25, 0.3) is 0 Å². The van der Waals surface area contributed by atoms with E-state index in [0.29, 0.717) is 0 Å². The number of nitrogens with one attached hydrogen (secondary N) is 2. The van der Waals surface area contributed by atoms with Crippen LogP contribution in [0.3, 0.4) is 0 Å². The van der Waals surface area contributed by atoms with Crippen LogP contribution in [0.15, 0.2) is 53.9 Å².